The van der Waals surface area contributed by atoms with Gasteiger partial charge in [0.05, 0.1) is 4.90 Å². The van der Waals surface area contributed by atoms with Gasteiger partial charge in [0.2, 0.25) is 10.0 Å². The third kappa shape index (κ3) is 4.58. The quantitative estimate of drug-likeness (QED) is 0.732. The molecule has 7 heteroatoms. The number of hydrogen-bond donors (Lipinski definition) is 0. The Balaban J connectivity index is 1.50. The molecule has 0 N–H and O–H groups in total. The van der Waals surface area contributed by atoms with Crippen molar-refractivity contribution in [3.63, 3.8) is 0 Å². The van der Waals surface area contributed by atoms with E-state index in [9.17, 15) is 13.2 Å². The topological polar surface area (TPSA) is 60.9 Å². The summed E-state index contributed by atoms with van der Waals surface area (Å²) in [6.07, 6.45) is 5.70. The molecule has 3 saturated heterocycles. The summed E-state index contributed by atoms with van der Waals surface area (Å²) in [5.74, 6) is 0.657. The van der Waals surface area contributed by atoms with Crippen molar-refractivity contribution in [2.24, 2.45) is 11.8 Å². The molecular formula is C23H35N3O3S. The molecule has 0 aliphatic carbocycles. The molecule has 0 saturated carbocycles. The molecule has 1 aromatic rings. The maximum atomic E-state index is 13.2. The second-order valence-electron chi connectivity index (χ2n) is 9.59. The maximum absolute atomic E-state index is 13.2. The summed E-state index contributed by atoms with van der Waals surface area (Å²) < 4.78 is 28.1. The lowest BCUT2D eigenvalue weighted by molar-refractivity contribution is 0.0607. The Morgan fingerprint density at radius 3 is 2.37 bits per heavy atom. The fourth-order valence-electron chi connectivity index (χ4n) is 5.47. The number of amides is 1. The van der Waals surface area contributed by atoms with Crippen LogP contribution in [0.2, 0.25) is 0 Å². The molecule has 0 spiro atoms. The van der Waals surface area contributed by atoms with Gasteiger partial charge in [-0.1, -0.05) is 19.9 Å². The predicted octanol–water partition coefficient (Wildman–Crippen LogP) is 3.05. The van der Waals surface area contributed by atoms with E-state index in [2.05, 4.69) is 18.7 Å². The standard InChI is InChI=1S/C23H35N3O3S/c1-18-13-19(2)16-26(15-18)30(28,29)22-9-5-7-20(14-22)23(27)25-12-6-8-21(17-25)24-10-3-4-11-24/h5,7,9,14,18-19,21H,3-4,6,8,10-13,15-17H2,1-2H3. The minimum atomic E-state index is -3.58. The Morgan fingerprint density at radius 2 is 1.67 bits per heavy atom. The first kappa shape index (κ1) is 21.8. The smallest absolute Gasteiger partial charge is 0.253 e. The number of hydrogen-bond acceptors (Lipinski definition) is 4. The number of sulfonamides is 1. The monoisotopic (exact) mass is 433 g/mol. The lowest BCUT2D eigenvalue weighted by atomic mass is 9.94. The molecule has 3 aliphatic heterocycles. The first-order valence-corrected chi connectivity index (χ1v) is 12.9. The highest BCUT2D eigenvalue weighted by Crippen LogP contribution is 2.28. The molecule has 0 aromatic heterocycles. The second kappa shape index (κ2) is 8.97. The lowest BCUT2D eigenvalue weighted by Gasteiger charge is -2.37. The molecule has 3 atom stereocenters. The van der Waals surface area contributed by atoms with Crippen LogP contribution in [0.5, 0.6) is 0 Å². The van der Waals surface area contributed by atoms with E-state index in [1.165, 1.54) is 12.8 Å². The zero-order chi connectivity index (χ0) is 21.3. The van der Waals surface area contributed by atoms with Crippen molar-refractivity contribution in [3.05, 3.63) is 29.8 Å². The van der Waals surface area contributed by atoms with E-state index in [-0.39, 0.29) is 10.8 Å². The Bertz CT molecular complexity index is 856. The molecule has 3 fully saturated rings. The first-order chi connectivity index (χ1) is 14.3. The van der Waals surface area contributed by atoms with Crippen LogP contribution in [0.4, 0.5) is 0 Å². The van der Waals surface area contributed by atoms with Gasteiger partial charge < -0.3 is 4.90 Å². The van der Waals surface area contributed by atoms with Gasteiger partial charge in [-0.2, -0.15) is 4.31 Å². The largest absolute Gasteiger partial charge is 0.337 e. The maximum Gasteiger partial charge on any atom is 0.253 e. The molecule has 3 heterocycles. The molecule has 4 rings (SSSR count). The summed E-state index contributed by atoms with van der Waals surface area (Å²) in [5, 5.41) is 0. The Hall–Kier alpha value is -1.44. The molecule has 6 nitrogen and oxygen atoms in total. The Labute approximate surface area is 181 Å². The highest BCUT2D eigenvalue weighted by molar-refractivity contribution is 7.89. The number of carbonyl (C=O) groups is 1. The van der Waals surface area contributed by atoms with Crippen molar-refractivity contribution < 1.29 is 13.2 Å². The summed E-state index contributed by atoms with van der Waals surface area (Å²) in [4.78, 5) is 17.9. The zero-order valence-corrected chi connectivity index (χ0v) is 19.1. The number of benzene rings is 1. The molecule has 1 amide bonds. The zero-order valence-electron chi connectivity index (χ0n) is 18.3. The van der Waals surface area contributed by atoms with Crippen molar-refractivity contribution >= 4 is 15.9 Å². The average Bonchev–Trinajstić information content (AvgIpc) is 3.28. The molecule has 0 radical (unpaired) electrons. The van der Waals surface area contributed by atoms with E-state index in [4.69, 9.17) is 0 Å². The molecule has 3 aliphatic rings. The van der Waals surface area contributed by atoms with Crippen LogP contribution in [-0.4, -0.2) is 73.7 Å². The number of nitrogens with zero attached hydrogens (tertiary/aromatic N) is 3. The second-order valence-corrected chi connectivity index (χ2v) is 11.5. The molecule has 1 aromatic carbocycles. The highest BCUT2D eigenvalue weighted by atomic mass is 32.2. The first-order valence-electron chi connectivity index (χ1n) is 11.5. The summed E-state index contributed by atoms with van der Waals surface area (Å²) >= 11 is 0. The minimum absolute atomic E-state index is 0.0451. The van der Waals surface area contributed by atoms with Gasteiger partial charge in [0.15, 0.2) is 0 Å². The van der Waals surface area contributed by atoms with Crippen LogP contribution in [0, 0.1) is 11.8 Å². The SMILES string of the molecule is CC1CC(C)CN(S(=O)(=O)c2cccc(C(=O)N3CCCC(N4CCCC4)C3)c2)C1. The van der Waals surface area contributed by atoms with Crippen molar-refractivity contribution in [3.8, 4) is 0 Å². The van der Waals surface area contributed by atoms with Crippen LogP contribution in [0.25, 0.3) is 0 Å². The minimum Gasteiger partial charge on any atom is -0.337 e. The van der Waals surface area contributed by atoms with Crippen LogP contribution < -0.4 is 0 Å². The number of piperidine rings is 2. The van der Waals surface area contributed by atoms with Crippen LogP contribution >= 0.6 is 0 Å². The third-order valence-corrected chi connectivity index (χ3v) is 8.72. The van der Waals surface area contributed by atoms with Gasteiger partial charge in [0.25, 0.3) is 5.91 Å². The summed E-state index contributed by atoms with van der Waals surface area (Å²) in [6, 6.07) is 7.11. The summed E-state index contributed by atoms with van der Waals surface area (Å²) in [6.45, 7) is 9.07. The van der Waals surface area contributed by atoms with Gasteiger partial charge in [-0.15, -0.1) is 0 Å². The van der Waals surface area contributed by atoms with E-state index in [0.717, 1.165) is 45.4 Å². The van der Waals surface area contributed by atoms with Gasteiger partial charge in [0, 0.05) is 37.8 Å². The molecule has 0 bridgehead atoms. The molecule has 3 unspecified atom stereocenters. The van der Waals surface area contributed by atoms with Crippen molar-refractivity contribution in [1.29, 1.82) is 0 Å². The fourth-order valence-corrected chi connectivity index (χ4v) is 7.19. The predicted molar refractivity (Wildman–Crippen MR) is 118 cm³/mol. The van der Waals surface area contributed by atoms with Crippen LogP contribution in [0.3, 0.4) is 0 Å². The Morgan fingerprint density at radius 1 is 0.967 bits per heavy atom. The van der Waals surface area contributed by atoms with Crippen molar-refractivity contribution in [1.82, 2.24) is 14.1 Å². The van der Waals surface area contributed by atoms with E-state index in [1.54, 1.807) is 28.6 Å². The van der Waals surface area contributed by atoms with Crippen molar-refractivity contribution in [2.75, 3.05) is 39.3 Å². The normalized spacial score (nSPS) is 29.3. The van der Waals surface area contributed by atoms with Crippen molar-refractivity contribution in [2.45, 2.75) is 56.9 Å². The van der Waals surface area contributed by atoms with E-state index >= 15 is 0 Å². The van der Waals surface area contributed by atoms with Gasteiger partial charge in [-0.25, -0.2) is 8.42 Å². The summed E-state index contributed by atoms with van der Waals surface area (Å²) in [5.41, 5.74) is 0.483. The fraction of sp³-hybridized carbons (Fsp3) is 0.696. The van der Waals surface area contributed by atoms with Gasteiger partial charge in [-0.05, 0) is 75.2 Å². The van der Waals surface area contributed by atoms with E-state index in [0.29, 0.717) is 36.5 Å². The van der Waals surface area contributed by atoms with Gasteiger partial charge in [0.1, 0.15) is 0 Å². The van der Waals surface area contributed by atoms with Crippen LogP contribution in [0.1, 0.15) is 56.3 Å². The molecule has 30 heavy (non-hydrogen) atoms. The summed E-state index contributed by atoms with van der Waals surface area (Å²) in [7, 11) is -3.58. The molecule has 166 valence electrons. The average molecular weight is 434 g/mol. The van der Waals surface area contributed by atoms with Gasteiger partial charge >= 0.3 is 0 Å². The highest BCUT2D eigenvalue weighted by Gasteiger charge is 2.33. The molecular weight excluding hydrogens is 398 g/mol. The number of likely N-dealkylation sites (tertiary alicyclic amines) is 2. The number of carbonyl (C=O) groups excluding carboxylic acids is 1. The van der Waals surface area contributed by atoms with E-state index < -0.39 is 10.0 Å². The Kier molecular flexibility index (Phi) is 6.51. The van der Waals surface area contributed by atoms with Crippen LogP contribution in [-0.2, 0) is 10.0 Å². The van der Waals surface area contributed by atoms with Gasteiger partial charge in [-0.3, -0.25) is 9.69 Å². The van der Waals surface area contributed by atoms with Crippen LogP contribution in [0.15, 0.2) is 29.2 Å². The lowest BCUT2D eigenvalue weighted by Crippen LogP contribution is -2.49. The number of rotatable bonds is 4. The third-order valence-electron chi connectivity index (χ3n) is 6.89. The van der Waals surface area contributed by atoms with E-state index in [1.807, 2.05) is 4.90 Å².